The summed E-state index contributed by atoms with van der Waals surface area (Å²) in [6, 6.07) is 7.82. The Kier molecular flexibility index (Phi) is 2.88. The minimum atomic E-state index is 0.678. The number of carbonyl (C=O) groups excluding carboxylic acids is 1. The number of para-hydroxylation sites is 1. The monoisotopic (exact) mass is 219 g/mol. The molecule has 0 radical (unpaired) electrons. The van der Waals surface area contributed by atoms with E-state index in [0.29, 0.717) is 12.1 Å². The highest BCUT2D eigenvalue weighted by molar-refractivity contribution is 6.25. The topological polar surface area (TPSA) is 22.0 Å². The molecule has 0 aliphatic rings. The van der Waals surface area contributed by atoms with Crippen molar-refractivity contribution in [3.8, 4) is 0 Å². The third kappa shape index (κ3) is 1.81. The first kappa shape index (κ1) is 9.99. The van der Waals surface area contributed by atoms with Gasteiger partial charge in [0.05, 0.1) is 0 Å². The maximum Gasteiger partial charge on any atom is 0.152 e. The molecular weight excluding hydrogens is 210 g/mol. The molecule has 0 saturated carbocycles. The summed E-state index contributed by atoms with van der Waals surface area (Å²) in [6.45, 7) is 0.678. The van der Waals surface area contributed by atoms with Gasteiger partial charge in [0.25, 0.3) is 0 Å². The van der Waals surface area contributed by atoms with Crippen molar-refractivity contribution in [2.45, 2.75) is 6.54 Å². The van der Waals surface area contributed by atoms with E-state index in [4.69, 9.17) is 11.6 Å². The molecule has 0 saturated heterocycles. The predicted molar refractivity (Wildman–Crippen MR) is 62.3 cm³/mol. The fourth-order valence-corrected chi connectivity index (χ4v) is 1.75. The highest BCUT2D eigenvalue weighted by Gasteiger charge is 2.05. The van der Waals surface area contributed by atoms with Crippen molar-refractivity contribution in [2.24, 2.45) is 0 Å². The van der Waals surface area contributed by atoms with Gasteiger partial charge in [-0.05, 0) is 6.07 Å². The Hall–Kier alpha value is -1.54. The van der Waals surface area contributed by atoms with Crippen LogP contribution in [0.4, 0.5) is 0 Å². The summed E-state index contributed by atoms with van der Waals surface area (Å²) in [5.41, 5.74) is 3.25. The molecule has 0 unspecified atom stereocenters. The number of rotatable bonds is 3. The average Bonchev–Trinajstić information content (AvgIpc) is 2.65. The van der Waals surface area contributed by atoms with Gasteiger partial charge in [0.15, 0.2) is 6.29 Å². The van der Waals surface area contributed by atoms with Crippen LogP contribution in [0.25, 0.3) is 10.9 Å². The second-order valence-electron chi connectivity index (χ2n) is 3.23. The van der Waals surface area contributed by atoms with E-state index in [1.807, 2.05) is 41.1 Å². The SMILES string of the molecule is O=Cc1cn(CC=CCl)c2ccccc12. The fraction of sp³-hybridized carbons (Fsp3) is 0.0833. The average molecular weight is 220 g/mol. The molecule has 2 nitrogen and oxygen atoms in total. The van der Waals surface area contributed by atoms with E-state index in [-0.39, 0.29) is 0 Å². The molecule has 1 aromatic heterocycles. The largest absolute Gasteiger partial charge is 0.343 e. The van der Waals surface area contributed by atoms with Gasteiger partial charge in [-0.15, -0.1) is 0 Å². The van der Waals surface area contributed by atoms with E-state index >= 15 is 0 Å². The standard InChI is InChI=1S/C12H10ClNO/c13-6-3-7-14-8-10(9-15)11-4-1-2-5-12(11)14/h1-6,8-9H,7H2. The first-order valence-corrected chi connectivity index (χ1v) is 5.08. The van der Waals surface area contributed by atoms with Crippen LogP contribution in [0.1, 0.15) is 10.4 Å². The summed E-state index contributed by atoms with van der Waals surface area (Å²) in [7, 11) is 0. The number of allylic oxidation sites excluding steroid dienone is 1. The predicted octanol–water partition coefficient (Wildman–Crippen LogP) is 3.21. The quantitative estimate of drug-likeness (QED) is 0.727. The van der Waals surface area contributed by atoms with E-state index in [0.717, 1.165) is 17.2 Å². The molecule has 0 N–H and O–H groups in total. The maximum atomic E-state index is 10.9. The van der Waals surface area contributed by atoms with Gasteiger partial charge < -0.3 is 4.57 Å². The molecule has 2 rings (SSSR count). The van der Waals surface area contributed by atoms with Crippen LogP contribution >= 0.6 is 11.6 Å². The Labute approximate surface area is 92.8 Å². The van der Waals surface area contributed by atoms with E-state index in [1.165, 1.54) is 5.54 Å². The van der Waals surface area contributed by atoms with Crippen molar-refractivity contribution >= 4 is 28.8 Å². The van der Waals surface area contributed by atoms with Crippen LogP contribution in [-0.2, 0) is 6.54 Å². The zero-order valence-electron chi connectivity index (χ0n) is 8.06. The molecule has 3 heteroatoms. The molecule has 2 aromatic rings. The number of carbonyl (C=O) groups is 1. The van der Waals surface area contributed by atoms with E-state index in [1.54, 1.807) is 0 Å². The fourth-order valence-electron chi connectivity index (χ4n) is 1.67. The summed E-state index contributed by atoms with van der Waals surface area (Å²) in [5.74, 6) is 0. The van der Waals surface area contributed by atoms with Crippen LogP contribution in [0.3, 0.4) is 0 Å². The van der Waals surface area contributed by atoms with Gasteiger partial charge in [0, 0.05) is 34.7 Å². The van der Waals surface area contributed by atoms with Crippen molar-refractivity contribution in [2.75, 3.05) is 0 Å². The van der Waals surface area contributed by atoms with Crippen LogP contribution < -0.4 is 0 Å². The van der Waals surface area contributed by atoms with Crippen molar-refractivity contribution in [1.29, 1.82) is 0 Å². The number of halogens is 1. The Morgan fingerprint density at radius 2 is 2.13 bits per heavy atom. The summed E-state index contributed by atoms with van der Waals surface area (Å²) in [6.07, 6.45) is 4.56. The minimum Gasteiger partial charge on any atom is -0.343 e. The summed E-state index contributed by atoms with van der Waals surface area (Å²) in [4.78, 5) is 10.9. The molecule has 0 atom stereocenters. The minimum absolute atomic E-state index is 0.678. The van der Waals surface area contributed by atoms with Gasteiger partial charge in [-0.1, -0.05) is 35.9 Å². The lowest BCUT2D eigenvalue weighted by Gasteiger charge is -1.99. The molecule has 0 aliphatic carbocycles. The van der Waals surface area contributed by atoms with Crippen molar-refractivity contribution < 1.29 is 4.79 Å². The van der Waals surface area contributed by atoms with E-state index in [2.05, 4.69) is 0 Å². The van der Waals surface area contributed by atoms with Gasteiger partial charge >= 0.3 is 0 Å². The van der Waals surface area contributed by atoms with E-state index in [9.17, 15) is 4.79 Å². The van der Waals surface area contributed by atoms with Gasteiger partial charge in [-0.2, -0.15) is 0 Å². The normalized spacial score (nSPS) is 11.3. The lowest BCUT2D eigenvalue weighted by Crippen LogP contribution is -1.91. The van der Waals surface area contributed by atoms with Gasteiger partial charge in [0.1, 0.15) is 0 Å². The lowest BCUT2D eigenvalue weighted by molar-refractivity contribution is 0.112. The third-order valence-electron chi connectivity index (χ3n) is 2.34. The molecule has 15 heavy (non-hydrogen) atoms. The number of nitrogens with zero attached hydrogens (tertiary/aromatic N) is 1. The summed E-state index contributed by atoms with van der Waals surface area (Å²) < 4.78 is 2.00. The summed E-state index contributed by atoms with van der Waals surface area (Å²) in [5, 5.41) is 0.982. The van der Waals surface area contributed by atoms with Gasteiger partial charge in [-0.25, -0.2) is 0 Å². The molecule has 1 heterocycles. The zero-order chi connectivity index (χ0) is 10.7. The number of hydrogen-bond acceptors (Lipinski definition) is 1. The van der Waals surface area contributed by atoms with Crippen LogP contribution in [0.2, 0.25) is 0 Å². The highest BCUT2D eigenvalue weighted by Crippen LogP contribution is 2.19. The number of benzene rings is 1. The maximum absolute atomic E-state index is 10.9. The first-order chi connectivity index (χ1) is 7.36. The molecule has 0 spiro atoms. The molecule has 0 aliphatic heterocycles. The zero-order valence-corrected chi connectivity index (χ0v) is 8.82. The lowest BCUT2D eigenvalue weighted by atomic mass is 10.2. The molecule has 0 amide bonds. The van der Waals surface area contributed by atoms with E-state index < -0.39 is 0 Å². The summed E-state index contributed by atoms with van der Waals surface area (Å²) >= 11 is 5.48. The molecule has 0 fully saturated rings. The van der Waals surface area contributed by atoms with Crippen LogP contribution in [-0.4, -0.2) is 10.9 Å². The van der Waals surface area contributed by atoms with Crippen molar-refractivity contribution in [3.63, 3.8) is 0 Å². The number of aromatic nitrogens is 1. The van der Waals surface area contributed by atoms with Gasteiger partial charge in [-0.3, -0.25) is 4.79 Å². The highest BCUT2D eigenvalue weighted by atomic mass is 35.5. The Bertz CT molecular complexity index is 513. The smallest absolute Gasteiger partial charge is 0.152 e. The van der Waals surface area contributed by atoms with Crippen LogP contribution in [0.5, 0.6) is 0 Å². The third-order valence-corrected chi connectivity index (χ3v) is 2.52. The number of fused-ring (bicyclic) bond motifs is 1. The number of hydrogen-bond donors (Lipinski definition) is 0. The van der Waals surface area contributed by atoms with Gasteiger partial charge in [0.2, 0.25) is 0 Å². The molecule has 76 valence electrons. The Morgan fingerprint density at radius 3 is 2.87 bits per heavy atom. The van der Waals surface area contributed by atoms with Crippen LogP contribution in [0.15, 0.2) is 42.1 Å². The molecular formula is C12H10ClNO. The molecule has 0 bridgehead atoms. The van der Waals surface area contributed by atoms with Crippen LogP contribution in [0, 0.1) is 0 Å². The number of aldehydes is 1. The van der Waals surface area contributed by atoms with Crippen molar-refractivity contribution in [3.05, 3.63) is 47.6 Å². The molecule has 1 aromatic carbocycles. The Morgan fingerprint density at radius 1 is 1.33 bits per heavy atom. The first-order valence-electron chi connectivity index (χ1n) is 4.65. The Balaban J connectivity index is 2.59. The second kappa shape index (κ2) is 4.32. The second-order valence-corrected chi connectivity index (χ2v) is 3.49. The van der Waals surface area contributed by atoms with Crippen molar-refractivity contribution in [1.82, 2.24) is 4.57 Å².